The maximum Gasteiger partial charge on any atom is 0.255 e. The lowest BCUT2D eigenvalue weighted by Crippen LogP contribution is -2.46. The van der Waals surface area contributed by atoms with Gasteiger partial charge in [0.15, 0.2) is 5.75 Å². The summed E-state index contributed by atoms with van der Waals surface area (Å²) in [7, 11) is 0. The summed E-state index contributed by atoms with van der Waals surface area (Å²) in [6.07, 6.45) is 3.29. The minimum atomic E-state index is -0.387. The number of amides is 2. The smallest absolute Gasteiger partial charge is 0.255 e. The first-order valence-corrected chi connectivity index (χ1v) is 8.44. The number of nitrogens with one attached hydrogen (secondary N) is 2. The van der Waals surface area contributed by atoms with E-state index in [0.29, 0.717) is 6.41 Å². The zero-order chi connectivity index (χ0) is 18.1. The molecule has 1 fully saturated rings. The van der Waals surface area contributed by atoms with Crippen LogP contribution in [-0.2, 0) is 4.79 Å². The zero-order valence-electron chi connectivity index (χ0n) is 14.6. The fraction of sp³-hybridized carbons (Fsp3) is 0.556. The molecule has 1 aromatic rings. The summed E-state index contributed by atoms with van der Waals surface area (Å²) < 4.78 is 0. The molecule has 1 aliphatic rings. The van der Waals surface area contributed by atoms with Gasteiger partial charge >= 0.3 is 0 Å². The fourth-order valence-electron chi connectivity index (χ4n) is 4.16. The molecule has 0 heterocycles. The van der Waals surface area contributed by atoms with E-state index in [2.05, 4.69) is 38.3 Å². The highest BCUT2D eigenvalue weighted by Crippen LogP contribution is 2.45. The predicted molar refractivity (Wildman–Crippen MR) is 95.5 cm³/mol. The predicted octanol–water partition coefficient (Wildman–Crippen LogP) is 3.95. The van der Waals surface area contributed by atoms with Gasteiger partial charge in [-0.3, -0.25) is 9.59 Å². The highest BCUT2D eigenvalue weighted by atomic mass is 35.5. The lowest BCUT2D eigenvalue weighted by atomic mass is 9.63. The molecule has 0 radical (unpaired) electrons. The Kier molecular flexibility index (Phi) is 5.14. The van der Waals surface area contributed by atoms with Crippen LogP contribution in [0.3, 0.4) is 0 Å². The molecule has 2 amide bonds. The third-order valence-electron chi connectivity index (χ3n) is 4.42. The zero-order valence-corrected chi connectivity index (χ0v) is 15.3. The lowest BCUT2D eigenvalue weighted by molar-refractivity contribution is -0.105. The third kappa shape index (κ3) is 4.41. The quantitative estimate of drug-likeness (QED) is 0.567. The van der Waals surface area contributed by atoms with Gasteiger partial charge in [0.05, 0.1) is 11.3 Å². The van der Waals surface area contributed by atoms with Crippen LogP contribution < -0.4 is 10.6 Å². The second-order valence-corrected chi connectivity index (χ2v) is 8.63. The Hall–Kier alpha value is -1.75. The van der Waals surface area contributed by atoms with E-state index in [-0.39, 0.29) is 44.8 Å². The van der Waals surface area contributed by atoms with Gasteiger partial charge in [-0.1, -0.05) is 39.3 Å². The molecular weight excluding hydrogens is 328 g/mol. The van der Waals surface area contributed by atoms with Gasteiger partial charge in [-0.2, -0.15) is 0 Å². The van der Waals surface area contributed by atoms with E-state index in [0.717, 1.165) is 19.3 Å². The summed E-state index contributed by atoms with van der Waals surface area (Å²) in [6, 6.07) is 2.83. The van der Waals surface area contributed by atoms with E-state index in [4.69, 9.17) is 11.6 Å². The Bertz CT molecular complexity index is 640. The van der Waals surface area contributed by atoms with Gasteiger partial charge in [-0.05, 0) is 42.2 Å². The molecule has 0 spiro atoms. The first-order valence-electron chi connectivity index (χ1n) is 8.07. The Morgan fingerprint density at radius 2 is 1.83 bits per heavy atom. The van der Waals surface area contributed by atoms with E-state index in [1.165, 1.54) is 12.1 Å². The van der Waals surface area contributed by atoms with Crippen molar-refractivity contribution in [1.29, 1.82) is 0 Å². The van der Waals surface area contributed by atoms with Crippen LogP contribution >= 0.6 is 11.6 Å². The average molecular weight is 353 g/mol. The number of aromatic hydroxyl groups is 1. The van der Waals surface area contributed by atoms with Crippen molar-refractivity contribution in [2.45, 2.75) is 53.0 Å². The van der Waals surface area contributed by atoms with Crippen molar-refractivity contribution in [3.05, 3.63) is 22.7 Å². The van der Waals surface area contributed by atoms with Gasteiger partial charge in [0, 0.05) is 11.1 Å². The molecule has 0 atom stereocenters. The number of carbonyl (C=O) groups is 2. The minimum Gasteiger partial charge on any atom is -0.505 e. The van der Waals surface area contributed by atoms with E-state index in [9.17, 15) is 14.7 Å². The number of hydrogen-bond acceptors (Lipinski definition) is 3. The second-order valence-electron chi connectivity index (χ2n) is 8.20. The summed E-state index contributed by atoms with van der Waals surface area (Å²) in [5.74, 6) is -0.666. The number of phenolic OH excluding ortho intramolecular Hbond substituents is 1. The Balaban J connectivity index is 2.22. The Morgan fingerprint density at radius 1 is 1.25 bits per heavy atom. The molecule has 1 saturated carbocycles. The molecule has 6 heteroatoms. The molecular formula is C18H25ClN2O3. The molecule has 0 bridgehead atoms. The van der Waals surface area contributed by atoms with Gasteiger partial charge in [0.1, 0.15) is 0 Å². The maximum atomic E-state index is 12.6. The van der Waals surface area contributed by atoms with Crippen molar-refractivity contribution < 1.29 is 14.7 Å². The van der Waals surface area contributed by atoms with Crippen molar-refractivity contribution in [3.8, 4) is 5.75 Å². The highest BCUT2D eigenvalue weighted by Gasteiger charge is 2.39. The van der Waals surface area contributed by atoms with Crippen LogP contribution in [0, 0.1) is 10.8 Å². The van der Waals surface area contributed by atoms with Crippen LogP contribution in [0.1, 0.15) is 57.3 Å². The molecule has 5 nitrogen and oxygen atoms in total. The van der Waals surface area contributed by atoms with Gasteiger partial charge in [0.2, 0.25) is 6.41 Å². The molecule has 1 aromatic carbocycles. The van der Waals surface area contributed by atoms with Crippen LogP contribution in [0.4, 0.5) is 5.69 Å². The van der Waals surface area contributed by atoms with E-state index in [1.807, 2.05) is 0 Å². The molecule has 0 saturated heterocycles. The average Bonchev–Trinajstić information content (AvgIpc) is 2.38. The first kappa shape index (κ1) is 18.6. The SMILES string of the molecule is CC1(C)CC(NC(=O)c2cc(Cl)cc(NC=O)c2O)CC(C)(C)C1. The van der Waals surface area contributed by atoms with Crippen LogP contribution in [0.25, 0.3) is 0 Å². The van der Waals surface area contributed by atoms with Crippen molar-refractivity contribution in [3.63, 3.8) is 0 Å². The fourth-order valence-corrected chi connectivity index (χ4v) is 4.38. The van der Waals surface area contributed by atoms with Gasteiger partial charge in [0.25, 0.3) is 5.91 Å². The van der Waals surface area contributed by atoms with Crippen molar-refractivity contribution >= 4 is 29.6 Å². The van der Waals surface area contributed by atoms with Gasteiger partial charge < -0.3 is 15.7 Å². The standard InChI is InChI=1S/C18H25ClN2O3/c1-17(2)7-12(8-18(3,4)9-17)21-16(24)13-5-11(19)6-14(15(13)23)20-10-22/h5-6,10,12,23H,7-9H2,1-4H3,(H,20,22)(H,21,24). The molecule has 24 heavy (non-hydrogen) atoms. The number of halogens is 1. The van der Waals surface area contributed by atoms with Crippen molar-refractivity contribution in [2.24, 2.45) is 10.8 Å². The Labute approximate surface area is 147 Å². The number of carbonyl (C=O) groups excluding carboxylic acids is 2. The number of anilines is 1. The van der Waals surface area contributed by atoms with Gasteiger partial charge in [-0.25, -0.2) is 0 Å². The van der Waals surface area contributed by atoms with E-state index < -0.39 is 0 Å². The number of benzene rings is 1. The van der Waals surface area contributed by atoms with Crippen LogP contribution in [0.15, 0.2) is 12.1 Å². The normalized spacial score (nSPS) is 19.5. The molecule has 2 rings (SSSR count). The van der Waals surface area contributed by atoms with Crippen molar-refractivity contribution in [2.75, 3.05) is 5.32 Å². The molecule has 0 aliphatic heterocycles. The number of rotatable bonds is 4. The number of hydrogen-bond donors (Lipinski definition) is 3. The van der Waals surface area contributed by atoms with E-state index >= 15 is 0 Å². The Morgan fingerprint density at radius 3 is 2.38 bits per heavy atom. The minimum absolute atomic E-state index is 0.0251. The lowest BCUT2D eigenvalue weighted by Gasteiger charge is -2.45. The molecule has 1 aliphatic carbocycles. The summed E-state index contributed by atoms with van der Waals surface area (Å²) in [5, 5.41) is 15.8. The van der Waals surface area contributed by atoms with E-state index in [1.54, 1.807) is 0 Å². The monoisotopic (exact) mass is 352 g/mol. The van der Waals surface area contributed by atoms with Crippen LogP contribution in [0.5, 0.6) is 5.75 Å². The summed E-state index contributed by atoms with van der Waals surface area (Å²) in [6.45, 7) is 8.82. The molecule has 3 N–H and O–H groups in total. The summed E-state index contributed by atoms with van der Waals surface area (Å²) in [5.41, 5.74) is 0.459. The second kappa shape index (κ2) is 6.63. The highest BCUT2D eigenvalue weighted by molar-refractivity contribution is 6.31. The number of phenols is 1. The summed E-state index contributed by atoms with van der Waals surface area (Å²) in [4.78, 5) is 23.2. The van der Waals surface area contributed by atoms with Crippen LogP contribution in [-0.4, -0.2) is 23.5 Å². The van der Waals surface area contributed by atoms with Gasteiger partial charge in [-0.15, -0.1) is 0 Å². The summed E-state index contributed by atoms with van der Waals surface area (Å²) >= 11 is 5.99. The molecule has 132 valence electrons. The largest absolute Gasteiger partial charge is 0.505 e. The van der Waals surface area contributed by atoms with Crippen molar-refractivity contribution in [1.82, 2.24) is 5.32 Å². The topological polar surface area (TPSA) is 78.4 Å². The first-order chi connectivity index (χ1) is 11.0. The maximum absolute atomic E-state index is 12.6. The molecule has 0 unspecified atom stereocenters. The molecule has 0 aromatic heterocycles. The van der Waals surface area contributed by atoms with Crippen LogP contribution in [0.2, 0.25) is 5.02 Å². The third-order valence-corrected chi connectivity index (χ3v) is 4.64.